The number of hydrogen-bond acceptors (Lipinski definition) is 3. The lowest BCUT2D eigenvalue weighted by Crippen LogP contribution is -2.47. The number of nitrogens with two attached hydrogens (primary N) is 1. The van der Waals surface area contributed by atoms with Crippen LogP contribution in [0.15, 0.2) is 33.6 Å². The largest absolute Gasteiger partial charge is 0.349 e. The van der Waals surface area contributed by atoms with Crippen molar-refractivity contribution in [3.8, 4) is 0 Å². The summed E-state index contributed by atoms with van der Waals surface area (Å²) in [6, 6.07) is 7.44. The average molecular weight is 404 g/mol. The molecule has 21 heavy (non-hydrogen) atoms. The Bertz CT molecular complexity index is 472. The maximum Gasteiger partial charge on any atom is 0.277 e. The van der Waals surface area contributed by atoms with Crippen molar-refractivity contribution in [3.05, 3.63) is 28.7 Å². The fraction of sp³-hybridized carbons (Fsp3) is 0.462. The van der Waals surface area contributed by atoms with E-state index in [4.69, 9.17) is 5.73 Å². The predicted octanol–water partition coefficient (Wildman–Crippen LogP) is 3.45. The van der Waals surface area contributed by atoms with E-state index in [0.29, 0.717) is 0 Å². The molecule has 1 aromatic rings. The van der Waals surface area contributed by atoms with Crippen LogP contribution in [0.3, 0.4) is 0 Å². The summed E-state index contributed by atoms with van der Waals surface area (Å²) in [5.74, 6) is -3.52. The zero-order chi connectivity index (χ0) is 15.4. The third-order valence-corrected chi connectivity index (χ3v) is 4.27. The first-order valence-corrected chi connectivity index (χ1v) is 7.58. The lowest BCUT2D eigenvalue weighted by molar-refractivity contribution is -0.124. The first-order valence-electron chi connectivity index (χ1n) is 5.97. The molecule has 3 N–H and O–H groups in total. The van der Waals surface area contributed by atoms with Crippen LogP contribution in [-0.4, -0.2) is 29.7 Å². The van der Waals surface area contributed by atoms with Gasteiger partial charge in [-0.3, -0.25) is 4.79 Å². The minimum Gasteiger partial charge on any atom is -0.349 e. The number of amides is 1. The van der Waals surface area contributed by atoms with Crippen molar-refractivity contribution in [1.82, 2.24) is 5.32 Å². The van der Waals surface area contributed by atoms with Gasteiger partial charge in [-0.05, 0) is 38.1 Å². The monoisotopic (exact) mass is 402 g/mol. The van der Waals surface area contributed by atoms with Crippen molar-refractivity contribution in [2.45, 2.75) is 29.4 Å². The van der Waals surface area contributed by atoms with Gasteiger partial charge in [0.2, 0.25) is 5.91 Å². The maximum atomic E-state index is 13.0. The van der Waals surface area contributed by atoms with Crippen LogP contribution in [0.5, 0.6) is 0 Å². The van der Waals surface area contributed by atoms with E-state index in [-0.39, 0.29) is 12.4 Å². The van der Waals surface area contributed by atoms with Crippen LogP contribution in [0.2, 0.25) is 0 Å². The zero-order valence-electron chi connectivity index (χ0n) is 11.7. The minimum absolute atomic E-state index is 0. The van der Waals surface area contributed by atoms with E-state index < -0.39 is 29.7 Å². The van der Waals surface area contributed by atoms with Crippen LogP contribution in [0.1, 0.15) is 13.8 Å². The number of carbonyl (C=O) groups is 1. The molecular weight excluding hydrogens is 386 g/mol. The third kappa shape index (κ3) is 6.95. The first-order chi connectivity index (χ1) is 9.16. The topological polar surface area (TPSA) is 55.1 Å². The third-order valence-electron chi connectivity index (χ3n) is 2.54. The van der Waals surface area contributed by atoms with Gasteiger partial charge in [0, 0.05) is 9.37 Å². The highest BCUT2D eigenvalue weighted by Gasteiger charge is 2.33. The molecule has 0 unspecified atom stereocenters. The number of halogens is 4. The van der Waals surface area contributed by atoms with Gasteiger partial charge in [-0.1, -0.05) is 15.9 Å². The Hall–Kier alpha value is -0.370. The molecule has 8 heteroatoms. The summed E-state index contributed by atoms with van der Waals surface area (Å²) in [4.78, 5) is 12.9. The second-order valence-corrected chi connectivity index (χ2v) is 7.42. The molecular formula is C13H18BrClF2N2OS. The van der Waals surface area contributed by atoms with Crippen LogP contribution in [0, 0.1) is 0 Å². The molecule has 120 valence electrons. The fourth-order valence-electron chi connectivity index (χ4n) is 1.34. The Labute approximate surface area is 142 Å². The van der Waals surface area contributed by atoms with Crippen molar-refractivity contribution in [1.29, 1.82) is 0 Å². The molecule has 0 bridgehead atoms. The van der Waals surface area contributed by atoms with E-state index in [1.807, 2.05) is 24.3 Å². The van der Waals surface area contributed by atoms with Crippen LogP contribution >= 0.6 is 40.1 Å². The summed E-state index contributed by atoms with van der Waals surface area (Å²) in [5, 5.41) is 2.25. The number of alkyl halides is 2. The standard InChI is InChI=1S/C13H17BrF2N2OS.ClH/c1-12(2,11(19)18-8-13(15,16)7-17)20-10-5-3-9(14)4-6-10;/h3-6H,7-8,17H2,1-2H3,(H,18,19);1H. The smallest absolute Gasteiger partial charge is 0.277 e. The normalized spacial score (nSPS) is 11.7. The molecule has 1 rings (SSSR count). The molecule has 0 saturated heterocycles. The van der Waals surface area contributed by atoms with Gasteiger partial charge >= 0.3 is 0 Å². The number of hydrogen-bond donors (Lipinski definition) is 2. The summed E-state index contributed by atoms with van der Waals surface area (Å²) in [7, 11) is 0. The molecule has 3 nitrogen and oxygen atoms in total. The summed E-state index contributed by atoms with van der Waals surface area (Å²) in [6.45, 7) is 1.85. The molecule has 0 aliphatic rings. The van der Waals surface area contributed by atoms with Crippen molar-refractivity contribution >= 4 is 46.0 Å². The lowest BCUT2D eigenvalue weighted by atomic mass is 10.2. The Kier molecular flexibility index (Phi) is 8.17. The van der Waals surface area contributed by atoms with Gasteiger partial charge < -0.3 is 11.1 Å². The zero-order valence-corrected chi connectivity index (χ0v) is 14.9. The van der Waals surface area contributed by atoms with E-state index in [1.54, 1.807) is 13.8 Å². The van der Waals surface area contributed by atoms with Crippen molar-refractivity contribution in [2.24, 2.45) is 5.73 Å². The van der Waals surface area contributed by atoms with Crippen LogP contribution < -0.4 is 11.1 Å². The minimum atomic E-state index is -3.08. The SMILES string of the molecule is CC(C)(Sc1ccc(Br)cc1)C(=O)NCC(F)(F)CN.Cl. The van der Waals surface area contributed by atoms with E-state index in [0.717, 1.165) is 9.37 Å². The number of nitrogens with one attached hydrogen (secondary N) is 1. The Morgan fingerprint density at radius 3 is 2.33 bits per heavy atom. The molecule has 0 aromatic heterocycles. The molecule has 0 aliphatic carbocycles. The van der Waals surface area contributed by atoms with Gasteiger partial charge in [0.25, 0.3) is 5.92 Å². The lowest BCUT2D eigenvalue weighted by Gasteiger charge is -2.24. The Morgan fingerprint density at radius 1 is 1.33 bits per heavy atom. The number of thioether (sulfide) groups is 1. The maximum absolute atomic E-state index is 13.0. The van der Waals surface area contributed by atoms with Crippen LogP contribution in [0.25, 0.3) is 0 Å². The van der Waals surface area contributed by atoms with E-state index in [9.17, 15) is 13.6 Å². The number of rotatable bonds is 6. The highest BCUT2D eigenvalue weighted by molar-refractivity contribution is 9.10. The highest BCUT2D eigenvalue weighted by Crippen LogP contribution is 2.33. The molecule has 1 amide bonds. The predicted molar refractivity (Wildman–Crippen MR) is 88.3 cm³/mol. The van der Waals surface area contributed by atoms with Gasteiger partial charge in [0.1, 0.15) is 0 Å². The molecule has 1 aromatic carbocycles. The van der Waals surface area contributed by atoms with Crippen LogP contribution in [-0.2, 0) is 4.79 Å². The van der Waals surface area contributed by atoms with Gasteiger partial charge in [-0.2, -0.15) is 0 Å². The van der Waals surface area contributed by atoms with Crippen molar-refractivity contribution in [2.75, 3.05) is 13.1 Å². The second-order valence-electron chi connectivity index (χ2n) is 4.81. The Balaban J connectivity index is 0.00000400. The molecule has 0 atom stereocenters. The first kappa shape index (κ1) is 20.6. The molecule has 0 radical (unpaired) electrons. The van der Waals surface area contributed by atoms with E-state index in [2.05, 4.69) is 21.2 Å². The van der Waals surface area contributed by atoms with Gasteiger partial charge in [0.05, 0.1) is 17.8 Å². The van der Waals surface area contributed by atoms with E-state index in [1.165, 1.54) is 11.8 Å². The molecule has 0 heterocycles. The second kappa shape index (κ2) is 8.31. The molecule has 0 aliphatic heterocycles. The number of carbonyl (C=O) groups excluding carboxylic acids is 1. The molecule has 0 spiro atoms. The van der Waals surface area contributed by atoms with E-state index >= 15 is 0 Å². The quantitative estimate of drug-likeness (QED) is 0.715. The highest BCUT2D eigenvalue weighted by atomic mass is 79.9. The van der Waals surface area contributed by atoms with Crippen molar-refractivity contribution in [3.63, 3.8) is 0 Å². The van der Waals surface area contributed by atoms with Crippen molar-refractivity contribution < 1.29 is 13.6 Å². The summed E-state index contributed by atoms with van der Waals surface area (Å²) in [5.41, 5.74) is 4.93. The number of benzene rings is 1. The summed E-state index contributed by atoms with van der Waals surface area (Å²) in [6.07, 6.45) is 0. The van der Waals surface area contributed by atoms with Gasteiger partial charge in [0.15, 0.2) is 0 Å². The van der Waals surface area contributed by atoms with Gasteiger partial charge in [-0.15, -0.1) is 24.2 Å². The van der Waals surface area contributed by atoms with Crippen LogP contribution in [0.4, 0.5) is 8.78 Å². The van der Waals surface area contributed by atoms with Gasteiger partial charge in [-0.25, -0.2) is 8.78 Å². The fourth-order valence-corrected chi connectivity index (χ4v) is 2.63. The summed E-state index contributed by atoms with van der Waals surface area (Å²) >= 11 is 4.64. The Morgan fingerprint density at radius 2 is 1.86 bits per heavy atom. The summed E-state index contributed by atoms with van der Waals surface area (Å²) < 4.78 is 26.1. The average Bonchev–Trinajstić information content (AvgIpc) is 2.38. The molecule has 0 fully saturated rings. The molecule has 0 saturated carbocycles.